The standard InChI is InChI=1S/2C3H8O2.C2H6O2/c1-3(5)2-4;4-2-1-3-5;1-2(3)4/h3-5H,2H2,1H3;4-5H,1-3H2;2-4H,1H3. The lowest BCUT2D eigenvalue weighted by atomic mass is 10.5. The Hall–Kier alpha value is -0.240. The number of rotatable bonds is 3. The Morgan fingerprint density at radius 3 is 1.07 bits per heavy atom. The van der Waals surface area contributed by atoms with Gasteiger partial charge < -0.3 is 30.6 Å². The van der Waals surface area contributed by atoms with E-state index in [1.165, 1.54) is 13.8 Å². The molecule has 0 aromatic rings. The Balaban J connectivity index is -0.000000131. The van der Waals surface area contributed by atoms with E-state index in [1.807, 2.05) is 0 Å². The van der Waals surface area contributed by atoms with E-state index in [4.69, 9.17) is 30.6 Å². The molecule has 6 heteroatoms. The van der Waals surface area contributed by atoms with Crippen molar-refractivity contribution < 1.29 is 30.6 Å². The number of hydrogen-bond acceptors (Lipinski definition) is 6. The van der Waals surface area contributed by atoms with E-state index < -0.39 is 12.4 Å². The van der Waals surface area contributed by atoms with Gasteiger partial charge in [-0.05, 0) is 20.3 Å². The van der Waals surface area contributed by atoms with Crippen molar-refractivity contribution in [2.75, 3.05) is 19.8 Å². The Kier molecular flexibility index (Phi) is 25.6. The highest BCUT2D eigenvalue weighted by Crippen LogP contribution is 1.68. The average Bonchev–Trinajstić information content (AvgIpc) is 2.06. The van der Waals surface area contributed by atoms with Gasteiger partial charge in [0.15, 0.2) is 0 Å². The average molecular weight is 214 g/mol. The minimum atomic E-state index is -1.17. The summed E-state index contributed by atoms with van der Waals surface area (Å²) in [5, 5.41) is 47.0. The molecular formula is C8H22O6. The molecule has 0 aliphatic carbocycles. The van der Waals surface area contributed by atoms with E-state index >= 15 is 0 Å². The van der Waals surface area contributed by atoms with Crippen molar-refractivity contribution in [3.63, 3.8) is 0 Å². The summed E-state index contributed by atoms with van der Waals surface area (Å²) in [4.78, 5) is 0. The molecule has 0 aliphatic heterocycles. The van der Waals surface area contributed by atoms with Crippen LogP contribution in [-0.4, -0.2) is 62.9 Å². The molecule has 0 bridgehead atoms. The van der Waals surface area contributed by atoms with Crippen molar-refractivity contribution in [1.29, 1.82) is 0 Å². The molecule has 6 N–H and O–H groups in total. The largest absolute Gasteiger partial charge is 0.396 e. The topological polar surface area (TPSA) is 121 Å². The molecule has 0 radical (unpaired) electrons. The highest BCUT2D eigenvalue weighted by Gasteiger charge is 1.83. The summed E-state index contributed by atoms with van der Waals surface area (Å²) < 4.78 is 0. The van der Waals surface area contributed by atoms with E-state index in [1.54, 1.807) is 0 Å². The van der Waals surface area contributed by atoms with E-state index in [0.29, 0.717) is 6.42 Å². The molecule has 0 aliphatic rings. The maximum absolute atomic E-state index is 8.11. The number of aliphatic hydroxyl groups excluding tert-OH is 5. The molecule has 0 heterocycles. The van der Waals surface area contributed by atoms with Crippen molar-refractivity contribution in [3.05, 3.63) is 0 Å². The SMILES string of the molecule is CC(O)CO.CC(O)O.OCCCO. The zero-order chi connectivity index (χ0) is 12.0. The number of aliphatic hydroxyl groups is 6. The molecule has 0 aromatic heterocycles. The lowest BCUT2D eigenvalue weighted by molar-refractivity contribution is -0.0228. The van der Waals surface area contributed by atoms with Crippen molar-refractivity contribution in [3.8, 4) is 0 Å². The van der Waals surface area contributed by atoms with Crippen LogP contribution in [0, 0.1) is 0 Å². The first-order chi connectivity index (χ1) is 6.42. The zero-order valence-corrected chi connectivity index (χ0v) is 8.67. The molecule has 0 saturated heterocycles. The molecule has 0 saturated carbocycles. The molecule has 14 heavy (non-hydrogen) atoms. The van der Waals surface area contributed by atoms with Crippen LogP contribution in [0.2, 0.25) is 0 Å². The Morgan fingerprint density at radius 2 is 1.07 bits per heavy atom. The van der Waals surface area contributed by atoms with Gasteiger partial charge in [0.1, 0.15) is 6.29 Å². The van der Waals surface area contributed by atoms with Gasteiger partial charge in [-0.3, -0.25) is 0 Å². The van der Waals surface area contributed by atoms with Crippen LogP contribution in [0.4, 0.5) is 0 Å². The fourth-order valence-electron chi connectivity index (χ4n) is 0.0707. The van der Waals surface area contributed by atoms with Crippen LogP contribution in [-0.2, 0) is 0 Å². The summed E-state index contributed by atoms with van der Waals surface area (Å²) in [5.41, 5.74) is 0. The van der Waals surface area contributed by atoms with Crippen molar-refractivity contribution >= 4 is 0 Å². The summed E-state index contributed by atoms with van der Waals surface area (Å²) in [6.45, 7) is 2.85. The summed E-state index contributed by atoms with van der Waals surface area (Å²) in [6, 6.07) is 0. The predicted octanol–water partition coefficient (Wildman–Crippen LogP) is -1.96. The van der Waals surface area contributed by atoms with Gasteiger partial charge in [-0.25, -0.2) is 0 Å². The molecule has 0 fully saturated rings. The second-order valence-electron chi connectivity index (χ2n) is 2.46. The molecular weight excluding hydrogens is 192 g/mol. The van der Waals surface area contributed by atoms with Gasteiger partial charge in [0.05, 0.1) is 12.7 Å². The molecule has 90 valence electrons. The normalized spacial score (nSPS) is 10.9. The van der Waals surface area contributed by atoms with Crippen LogP contribution in [0.5, 0.6) is 0 Å². The Labute approximate surface area is 84.1 Å². The van der Waals surface area contributed by atoms with Gasteiger partial charge >= 0.3 is 0 Å². The first-order valence-electron chi connectivity index (χ1n) is 4.29. The van der Waals surface area contributed by atoms with Crippen LogP contribution in [0.25, 0.3) is 0 Å². The van der Waals surface area contributed by atoms with Gasteiger partial charge in [-0.15, -0.1) is 0 Å². The van der Waals surface area contributed by atoms with Crippen LogP contribution >= 0.6 is 0 Å². The van der Waals surface area contributed by atoms with Crippen molar-refractivity contribution in [2.24, 2.45) is 0 Å². The lowest BCUT2D eigenvalue weighted by Gasteiger charge is -1.90. The monoisotopic (exact) mass is 214 g/mol. The van der Waals surface area contributed by atoms with E-state index in [2.05, 4.69) is 0 Å². The second kappa shape index (κ2) is 18.5. The fraction of sp³-hybridized carbons (Fsp3) is 1.00. The van der Waals surface area contributed by atoms with E-state index in [9.17, 15) is 0 Å². The highest BCUT2D eigenvalue weighted by molar-refractivity contribution is 4.34. The van der Waals surface area contributed by atoms with Crippen LogP contribution in [0.15, 0.2) is 0 Å². The maximum Gasteiger partial charge on any atom is 0.148 e. The van der Waals surface area contributed by atoms with Gasteiger partial charge in [-0.2, -0.15) is 0 Å². The van der Waals surface area contributed by atoms with Crippen LogP contribution < -0.4 is 0 Å². The zero-order valence-electron chi connectivity index (χ0n) is 8.67. The van der Waals surface area contributed by atoms with Crippen LogP contribution in [0.1, 0.15) is 20.3 Å². The van der Waals surface area contributed by atoms with Gasteiger partial charge in [0, 0.05) is 13.2 Å². The maximum atomic E-state index is 8.11. The first-order valence-corrected chi connectivity index (χ1v) is 4.29. The third-order valence-electron chi connectivity index (χ3n) is 0.580. The smallest absolute Gasteiger partial charge is 0.148 e. The Bertz CT molecular complexity index is 71.5. The quantitative estimate of drug-likeness (QED) is 0.303. The van der Waals surface area contributed by atoms with Crippen molar-refractivity contribution in [2.45, 2.75) is 32.7 Å². The highest BCUT2D eigenvalue weighted by atomic mass is 16.5. The van der Waals surface area contributed by atoms with Gasteiger partial charge in [-0.1, -0.05) is 0 Å². The third kappa shape index (κ3) is 96.3. The third-order valence-corrected chi connectivity index (χ3v) is 0.580. The molecule has 0 aromatic carbocycles. The predicted molar refractivity (Wildman–Crippen MR) is 51.5 cm³/mol. The lowest BCUT2D eigenvalue weighted by Crippen LogP contribution is -2.03. The molecule has 0 rings (SSSR count). The van der Waals surface area contributed by atoms with Crippen LogP contribution in [0.3, 0.4) is 0 Å². The molecule has 1 atom stereocenters. The Morgan fingerprint density at radius 1 is 0.857 bits per heavy atom. The summed E-state index contributed by atoms with van der Waals surface area (Å²) >= 11 is 0. The summed E-state index contributed by atoms with van der Waals surface area (Å²) in [6.07, 6.45) is -1.23. The molecule has 1 unspecified atom stereocenters. The van der Waals surface area contributed by atoms with E-state index in [-0.39, 0.29) is 19.8 Å². The minimum absolute atomic E-state index is 0.0938. The molecule has 0 amide bonds. The minimum Gasteiger partial charge on any atom is -0.396 e. The first kappa shape index (κ1) is 19.4. The van der Waals surface area contributed by atoms with Gasteiger partial charge in [0.2, 0.25) is 0 Å². The van der Waals surface area contributed by atoms with Crippen molar-refractivity contribution in [1.82, 2.24) is 0 Å². The second-order valence-corrected chi connectivity index (χ2v) is 2.46. The summed E-state index contributed by atoms with van der Waals surface area (Å²) in [7, 11) is 0. The summed E-state index contributed by atoms with van der Waals surface area (Å²) in [5.74, 6) is 0. The molecule has 0 spiro atoms. The fourth-order valence-corrected chi connectivity index (χ4v) is 0.0707. The van der Waals surface area contributed by atoms with Gasteiger partial charge in [0.25, 0.3) is 0 Å². The number of hydrogen-bond donors (Lipinski definition) is 6. The van der Waals surface area contributed by atoms with E-state index in [0.717, 1.165) is 0 Å². The molecule has 6 nitrogen and oxygen atoms in total.